The molecule has 5 aliphatic heterocycles. The second kappa shape index (κ2) is 24.2. The first kappa shape index (κ1) is 52.1. The molecule has 5 rings (SSSR count). The van der Waals surface area contributed by atoms with Gasteiger partial charge in [0.1, 0.15) is 86.5 Å². The summed E-state index contributed by atoms with van der Waals surface area (Å²) in [6.45, 7) is 9.38. The van der Waals surface area contributed by atoms with Crippen molar-refractivity contribution in [3.8, 4) is 0 Å². The molecule has 63 heavy (non-hydrogen) atoms. The van der Waals surface area contributed by atoms with Crippen LogP contribution in [0.15, 0.2) is 12.2 Å². The largest absolute Gasteiger partial charge is 0.463 e. The van der Waals surface area contributed by atoms with Crippen LogP contribution in [0.25, 0.3) is 0 Å². The van der Waals surface area contributed by atoms with E-state index in [4.69, 9.17) is 52.1 Å². The summed E-state index contributed by atoms with van der Waals surface area (Å²) in [6.07, 6.45) is -1.57. The molecule has 19 heteroatoms. The number of rotatable bonds is 24. The zero-order valence-corrected chi connectivity index (χ0v) is 37.7. The summed E-state index contributed by atoms with van der Waals surface area (Å²) in [6, 6.07) is 0. The molecule has 0 bridgehead atoms. The number of carbonyl (C=O) groups is 2. The minimum atomic E-state index is -1.75. The number of esters is 2. The molecule has 5 aliphatic rings. The van der Waals surface area contributed by atoms with Crippen LogP contribution in [-0.2, 0) is 61.7 Å². The van der Waals surface area contributed by atoms with Crippen LogP contribution in [0.4, 0.5) is 0 Å². The lowest BCUT2D eigenvalue weighted by Crippen LogP contribution is -2.65. The normalized spacial score (nSPS) is 37.7. The second-order valence-electron chi connectivity index (χ2n) is 18.2. The van der Waals surface area contributed by atoms with Crippen LogP contribution in [0.3, 0.4) is 0 Å². The monoisotopic (exact) mass is 906 g/mol. The first-order valence-electron chi connectivity index (χ1n) is 22.8. The summed E-state index contributed by atoms with van der Waals surface area (Å²) in [7, 11) is 0. The number of hydrogen-bond donors (Lipinski definition) is 6. The molecule has 0 spiro atoms. The van der Waals surface area contributed by atoms with E-state index in [1.165, 1.54) is 6.92 Å². The molecule has 0 aromatic carbocycles. The van der Waals surface area contributed by atoms with Crippen LogP contribution in [0.1, 0.15) is 125 Å². The van der Waals surface area contributed by atoms with Gasteiger partial charge in [-0.2, -0.15) is 0 Å². The Hall–Kier alpha value is -1.92. The molecule has 1 unspecified atom stereocenters. The van der Waals surface area contributed by atoms with Crippen molar-refractivity contribution < 1.29 is 92.3 Å². The van der Waals surface area contributed by atoms with E-state index in [1.807, 2.05) is 34.6 Å². The number of aliphatic hydroxyl groups excluding tert-OH is 6. The van der Waals surface area contributed by atoms with E-state index >= 15 is 0 Å². The predicted octanol–water partition coefficient (Wildman–Crippen LogP) is 2.15. The van der Waals surface area contributed by atoms with Gasteiger partial charge >= 0.3 is 11.9 Å². The first-order chi connectivity index (χ1) is 29.9. The molecule has 0 aromatic heterocycles. The number of ether oxygens (including phenoxy) is 11. The molecular formula is C44H74O19. The maximum absolute atomic E-state index is 12.5. The summed E-state index contributed by atoms with van der Waals surface area (Å²) in [5.41, 5.74) is 0. The number of fused-ring (bicyclic) bond motifs is 3. The number of aliphatic hydroxyl groups is 6. The lowest BCUT2D eigenvalue weighted by atomic mass is 9.97. The van der Waals surface area contributed by atoms with Gasteiger partial charge in [-0.25, -0.2) is 0 Å². The van der Waals surface area contributed by atoms with Crippen molar-refractivity contribution in [3.63, 3.8) is 0 Å². The lowest BCUT2D eigenvalue weighted by molar-refractivity contribution is -0.371. The Labute approximate surface area is 370 Å². The van der Waals surface area contributed by atoms with Crippen molar-refractivity contribution in [1.29, 1.82) is 0 Å². The third-order valence-electron chi connectivity index (χ3n) is 11.9. The van der Waals surface area contributed by atoms with Gasteiger partial charge in [0.05, 0.1) is 12.7 Å². The predicted molar refractivity (Wildman–Crippen MR) is 219 cm³/mol. The molecule has 5 saturated heterocycles. The molecule has 5 heterocycles. The van der Waals surface area contributed by atoms with Gasteiger partial charge in [-0.15, -0.1) is 0 Å². The summed E-state index contributed by atoms with van der Waals surface area (Å²) in [5.74, 6) is -2.49. The molecule has 16 atom stereocenters. The smallest absolute Gasteiger partial charge is 0.305 e. The van der Waals surface area contributed by atoms with Crippen molar-refractivity contribution in [2.24, 2.45) is 0 Å². The number of unbranched alkanes of at least 4 members (excludes halogenated alkanes) is 9. The fraction of sp³-hybridized carbons (Fsp3) is 0.909. The Kier molecular flexibility index (Phi) is 20.0. The zero-order valence-electron chi connectivity index (χ0n) is 37.7. The van der Waals surface area contributed by atoms with Crippen LogP contribution in [-0.4, -0.2) is 172 Å². The average molecular weight is 907 g/mol. The summed E-state index contributed by atoms with van der Waals surface area (Å²) in [5, 5.41) is 62.2. The average Bonchev–Trinajstić information content (AvgIpc) is 3.73. The van der Waals surface area contributed by atoms with E-state index in [1.54, 1.807) is 0 Å². The Morgan fingerprint density at radius 1 is 0.619 bits per heavy atom. The third kappa shape index (κ3) is 15.0. The first-order valence-corrected chi connectivity index (χ1v) is 22.8. The topological polar surface area (TPSA) is 257 Å². The fourth-order valence-corrected chi connectivity index (χ4v) is 8.55. The van der Waals surface area contributed by atoms with E-state index < -0.39 is 110 Å². The van der Waals surface area contributed by atoms with Gasteiger partial charge in [0.15, 0.2) is 30.4 Å². The summed E-state index contributed by atoms with van der Waals surface area (Å²) < 4.78 is 64.1. The maximum Gasteiger partial charge on any atom is 0.305 e. The van der Waals surface area contributed by atoms with Crippen LogP contribution in [0, 0.1) is 0 Å². The van der Waals surface area contributed by atoms with Gasteiger partial charge in [-0.1, -0.05) is 50.7 Å². The highest BCUT2D eigenvalue weighted by Gasteiger charge is 2.61. The second-order valence-corrected chi connectivity index (χ2v) is 18.2. The van der Waals surface area contributed by atoms with Crippen molar-refractivity contribution >= 4 is 11.9 Å². The Morgan fingerprint density at radius 3 is 1.87 bits per heavy atom. The quantitative estimate of drug-likeness (QED) is 0.0461. The number of carbonyl (C=O) groups excluding carboxylic acids is 2. The Morgan fingerprint density at radius 2 is 1.19 bits per heavy atom. The maximum atomic E-state index is 12.5. The highest BCUT2D eigenvalue weighted by Crippen LogP contribution is 2.44. The van der Waals surface area contributed by atoms with E-state index in [-0.39, 0.29) is 31.4 Å². The van der Waals surface area contributed by atoms with E-state index in [2.05, 4.69) is 12.2 Å². The molecule has 6 N–H and O–H groups in total. The standard InChI is InChI=1S/C44H74O19/c1-25(55-41-37(34(51)32(49)28(57-41)23-53-26(2)46)59-40-35(52)33(50)31(48)27(22-45)56-40)20-18-16-14-12-10-8-7-9-11-13-15-17-19-21-30(47)54-24-29-36-38(61-43(3,4)60-36)39-42(58-29)63-44(5,6)62-39/h7-8,25,27-29,31-42,45,48-52H,9-24H2,1-6H3/b8-7-/t25?,27-,28-,29-,31-,32-,33+,34+,35-,36+,37-,38+,39-,40+,41-,42-/m1/s1. The van der Waals surface area contributed by atoms with E-state index in [0.717, 1.165) is 70.6 Å². The van der Waals surface area contributed by atoms with Gasteiger partial charge in [0, 0.05) is 13.3 Å². The third-order valence-corrected chi connectivity index (χ3v) is 11.9. The van der Waals surface area contributed by atoms with Crippen LogP contribution in [0.5, 0.6) is 0 Å². The van der Waals surface area contributed by atoms with Crippen molar-refractivity contribution in [3.05, 3.63) is 12.2 Å². The Bertz CT molecular complexity index is 1430. The molecular weight excluding hydrogens is 832 g/mol. The van der Waals surface area contributed by atoms with Crippen molar-refractivity contribution in [2.45, 2.75) is 235 Å². The van der Waals surface area contributed by atoms with E-state index in [9.17, 15) is 40.2 Å². The molecule has 0 amide bonds. The zero-order chi connectivity index (χ0) is 45.9. The summed E-state index contributed by atoms with van der Waals surface area (Å²) in [4.78, 5) is 24.0. The molecule has 0 aliphatic carbocycles. The van der Waals surface area contributed by atoms with Crippen LogP contribution < -0.4 is 0 Å². The van der Waals surface area contributed by atoms with Gasteiger partial charge in [-0.3, -0.25) is 9.59 Å². The SMILES string of the molecule is CC(=O)OC[C@H]1O[C@@H](OC(C)CCCCCC/C=C\CCCCCCCC(=O)OC[C@H]2O[C@@H]3OC(C)(C)O[C@@H]3[C@H]3OC(C)(C)O[C@H]32)[C@H](O[C@@H]2O[C@H](CO)[C@@H](O)[C@H](O)[C@H]2O)[C@@H](O)[C@@H]1O. The Balaban J connectivity index is 0.901. The summed E-state index contributed by atoms with van der Waals surface area (Å²) >= 11 is 0. The highest BCUT2D eigenvalue weighted by atomic mass is 16.9. The van der Waals surface area contributed by atoms with E-state index in [0.29, 0.717) is 12.8 Å². The minimum absolute atomic E-state index is 0.0588. The van der Waals surface area contributed by atoms with Gasteiger partial charge in [0.2, 0.25) is 0 Å². The van der Waals surface area contributed by atoms with Crippen molar-refractivity contribution in [2.75, 3.05) is 19.8 Å². The molecule has 19 nitrogen and oxygen atoms in total. The van der Waals surface area contributed by atoms with Gasteiger partial charge < -0.3 is 82.7 Å². The fourth-order valence-electron chi connectivity index (χ4n) is 8.55. The van der Waals surface area contributed by atoms with Crippen LogP contribution >= 0.6 is 0 Å². The minimum Gasteiger partial charge on any atom is -0.463 e. The molecule has 0 radical (unpaired) electrons. The number of allylic oxidation sites excluding steroid dienone is 2. The molecule has 0 aromatic rings. The lowest BCUT2D eigenvalue weighted by Gasteiger charge is -2.46. The highest BCUT2D eigenvalue weighted by molar-refractivity contribution is 5.69. The van der Waals surface area contributed by atoms with Crippen LogP contribution in [0.2, 0.25) is 0 Å². The molecule has 364 valence electrons. The van der Waals surface area contributed by atoms with Gasteiger partial charge in [0.25, 0.3) is 0 Å². The number of hydrogen-bond acceptors (Lipinski definition) is 19. The van der Waals surface area contributed by atoms with Gasteiger partial charge in [-0.05, 0) is 73.1 Å². The van der Waals surface area contributed by atoms with Crippen molar-refractivity contribution in [1.82, 2.24) is 0 Å². The molecule has 0 saturated carbocycles. The molecule has 5 fully saturated rings.